The standard InChI is InChI=1S/C31H50N10/c1-5-36-16-18-38(19-17-36)14-9-15-41-25-33-28-29(40-22-20-37(6-2)21-23-40)34-31(35-30(28)41)32-24-26-10-12-27(13-11-26)39(7-3)8-4/h10-13,25H,5-9,14-24H2,1-4H3,(H,32,34,35). The minimum atomic E-state index is 0.677. The van der Waals surface area contributed by atoms with Gasteiger partial charge in [-0.2, -0.15) is 9.97 Å². The van der Waals surface area contributed by atoms with E-state index in [0.29, 0.717) is 12.5 Å². The average Bonchev–Trinajstić information content (AvgIpc) is 3.44. The van der Waals surface area contributed by atoms with Crippen molar-refractivity contribution in [3.63, 3.8) is 0 Å². The van der Waals surface area contributed by atoms with Crippen LogP contribution in [0.2, 0.25) is 0 Å². The van der Waals surface area contributed by atoms with Gasteiger partial charge in [0.15, 0.2) is 17.0 Å². The molecule has 2 aliphatic rings. The maximum absolute atomic E-state index is 5.03. The predicted octanol–water partition coefficient (Wildman–Crippen LogP) is 3.45. The Morgan fingerprint density at radius 1 is 0.756 bits per heavy atom. The van der Waals surface area contributed by atoms with Gasteiger partial charge in [-0.1, -0.05) is 26.0 Å². The Morgan fingerprint density at radius 3 is 2.02 bits per heavy atom. The van der Waals surface area contributed by atoms with Gasteiger partial charge in [-0.15, -0.1) is 0 Å². The third-order valence-corrected chi connectivity index (χ3v) is 8.87. The molecule has 0 amide bonds. The number of piperazine rings is 2. The molecule has 2 aromatic heterocycles. The van der Waals surface area contributed by atoms with E-state index in [2.05, 4.69) is 86.3 Å². The minimum absolute atomic E-state index is 0.677. The average molecular weight is 563 g/mol. The number of likely N-dealkylation sites (N-methyl/N-ethyl adjacent to an activating group) is 2. The molecular formula is C31H50N10. The van der Waals surface area contributed by atoms with E-state index in [9.17, 15) is 0 Å². The van der Waals surface area contributed by atoms with E-state index in [4.69, 9.17) is 15.0 Å². The summed E-state index contributed by atoms with van der Waals surface area (Å²) in [6.45, 7) is 24.6. The molecule has 4 heterocycles. The third-order valence-electron chi connectivity index (χ3n) is 8.87. The first-order valence-corrected chi connectivity index (χ1v) is 15.8. The van der Waals surface area contributed by atoms with Gasteiger partial charge in [-0.25, -0.2) is 4.98 Å². The molecule has 0 bridgehead atoms. The van der Waals surface area contributed by atoms with Crippen LogP contribution in [0.15, 0.2) is 30.6 Å². The van der Waals surface area contributed by atoms with Crippen LogP contribution in [0.5, 0.6) is 0 Å². The number of benzene rings is 1. The highest BCUT2D eigenvalue weighted by Crippen LogP contribution is 2.26. The van der Waals surface area contributed by atoms with Crippen LogP contribution < -0.4 is 15.1 Å². The van der Waals surface area contributed by atoms with Crippen molar-refractivity contribution >= 4 is 28.6 Å². The minimum Gasteiger partial charge on any atom is -0.372 e. The zero-order valence-electron chi connectivity index (χ0n) is 25.7. The van der Waals surface area contributed by atoms with Gasteiger partial charge in [0.25, 0.3) is 0 Å². The summed E-state index contributed by atoms with van der Waals surface area (Å²) in [7, 11) is 0. The van der Waals surface area contributed by atoms with Crippen molar-refractivity contribution < 1.29 is 0 Å². The van der Waals surface area contributed by atoms with Crippen molar-refractivity contribution in [2.45, 2.75) is 47.2 Å². The molecule has 2 aliphatic heterocycles. The third kappa shape index (κ3) is 7.28. The smallest absolute Gasteiger partial charge is 0.227 e. The lowest BCUT2D eigenvalue weighted by Gasteiger charge is -2.34. The number of aromatic nitrogens is 4. The zero-order valence-corrected chi connectivity index (χ0v) is 25.7. The Labute approximate surface area is 246 Å². The molecule has 224 valence electrons. The molecule has 1 N–H and O–H groups in total. The highest BCUT2D eigenvalue weighted by molar-refractivity contribution is 5.85. The van der Waals surface area contributed by atoms with E-state index in [0.717, 1.165) is 88.9 Å². The molecule has 0 atom stereocenters. The van der Waals surface area contributed by atoms with Gasteiger partial charge in [-0.05, 0) is 57.6 Å². The second kappa shape index (κ2) is 14.3. The molecule has 0 unspecified atom stereocenters. The fraction of sp³-hybridized carbons (Fsp3) is 0.645. The van der Waals surface area contributed by atoms with Crippen LogP contribution in [-0.4, -0.2) is 119 Å². The molecule has 41 heavy (non-hydrogen) atoms. The summed E-state index contributed by atoms with van der Waals surface area (Å²) in [5, 5.41) is 3.54. The largest absolute Gasteiger partial charge is 0.372 e. The molecule has 5 rings (SSSR count). The Morgan fingerprint density at radius 2 is 1.39 bits per heavy atom. The van der Waals surface area contributed by atoms with Crippen LogP contribution in [0.3, 0.4) is 0 Å². The number of rotatable bonds is 13. The van der Waals surface area contributed by atoms with Crippen LogP contribution in [0, 0.1) is 0 Å². The van der Waals surface area contributed by atoms with Crippen molar-refractivity contribution in [1.82, 2.24) is 34.2 Å². The second-order valence-corrected chi connectivity index (χ2v) is 11.2. The molecule has 10 heteroatoms. The first-order chi connectivity index (χ1) is 20.1. The number of imidazole rings is 1. The Balaban J connectivity index is 1.30. The number of hydrogen-bond acceptors (Lipinski definition) is 9. The lowest BCUT2D eigenvalue weighted by atomic mass is 10.2. The fourth-order valence-electron chi connectivity index (χ4n) is 6.06. The Bertz CT molecular complexity index is 1210. The highest BCUT2D eigenvalue weighted by atomic mass is 15.3. The molecule has 3 aromatic rings. The van der Waals surface area contributed by atoms with Crippen LogP contribution in [0.4, 0.5) is 17.5 Å². The van der Waals surface area contributed by atoms with Crippen LogP contribution in [0.25, 0.3) is 11.2 Å². The summed E-state index contributed by atoms with van der Waals surface area (Å²) < 4.78 is 2.23. The number of fused-ring (bicyclic) bond motifs is 1. The van der Waals surface area contributed by atoms with Crippen LogP contribution >= 0.6 is 0 Å². The summed E-state index contributed by atoms with van der Waals surface area (Å²) in [4.78, 5) is 27.3. The molecule has 1 aromatic carbocycles. The first-order valence-electron chi connectivity index (χ1n) is 15.8. The summed E-state index contributed by atoms with van der Waals surface area (Å²) in [6.07, 6.45) is 3.06. The van der Waals surface area contributed by atoms with E-state index in [1.54, 1.807) is 0 Å². The maximum Gasteiger partial charge on any atom is 0.227 e. The number of nitrogens with one attached hydrogen (secondary N) is 1. The number of nitrogens with zero attached hydrogens (tertiary/aromatic N) is 9. The van der Waals surface area contributed by atoms with Crippen molar-refractivity contribution in [1.29, 1.82) is 0 Å². The van der Waals surface area contributed by atoms with Crippen LogP contribution in [-0.2, 0) is 13.1 Å². The van der Waals surface area contributed by atoms with Gasteiger partial charge in [0, 0.05) is 84.2 Å². The van der Waals surface area contributed by atoms with Gasteiger partial charge < -0.3 is 34.4 Å². The quantitative estimate of drug-likeness (QED) is 0.337. The first kappa shape index (κ1) is 29.5. The maximum atomic E-state index is 5.03. The van der Waals surface area contributed by atoms with Crippen molar-refractivity contribution in [2.24, 2.45) is 0 Å². The number of hydrogen-bond donors (Lipinski definition) is 1. The van der Waals surface area contributed by atoms with Gasteiger partial charge in [0.1, 0.15) is 0 Å². The van der Waals surface area contributed by atoms with Crippen molar-refractivity contribution in [3.8, 4) is 0 Å². The van der Waals surface area contributed by atoms with E-state index < -0.39 is 0 Å². The molecule has 0 spiro atoms. The summed E-state index contributed by atoms with van der Waals surface area (Å²) in [5.74, 6) is 1.63. The molecule has 0 aliphatic carbocycles. The van der Waals surface area contributed by atoms with Crippen molar-refractivity contribution in [2.75, 3.05) is 100 Å². The zero-order chi connectivity index (χ0) is 28.6. The molecule has 0 saturated carbocycles. The Hall–Kier alpha value is -2.95. The van der Waals surface area contributed by atoms with Gasteiger partial charge in [-0.3, -0.25) is 0 Å². The molecule has 2 saturated heterocycles. The Kier molecular flexibility index (Phi) is 10.3. The van der Waals surface area contributed by atoms with E-state index in [-0.39, 0.29) is 0 Å². The molecular weight excluding hydrogens is 512 g/mol. The highest BCUT2D eigenvalue weighted by Gasteiger charge is 2.23. The lowest BCUT2D eigenvalue weighted by Crippen LogP contribution is -2.46. The number of aryl methyl sites for hydroxylation is 1. The topological polar surface area (TPSA) is 71.8 Å². The monoisotopic (exact) mass is 562 g/mol. The van der Waals surface area contributed by atoms with Crippen LogP contribution in [0.1, 0.15) is 39.7 Å². The summed E-state index contributed by atoms with van der Waals surface area (Å²) in [6, 6.07) is 8.83. The van der Waals surface area contributed by atoms with Crippen molar-refractivity contribution in [3.05, 3.63) is 36.2 Å². The molecule has 10 nitrogen and oxygen atoms in total. The van der Waals surface area contributed by atoms with Gasteiger partial charge >= 0.3 is 0 Å². The van der Waals surface area contributed by atoms with Gasteiger partial charge in [0.05, 0.1) is 6.33 Å². The van der Waals surface area contributed by atoms with E-state index in [1.807, 2.05) is 6.33 Å². The lowest BCUT2D eigenvalue weighted by molar-refractivity contribution is 0.135. The fourth-order valence-corrected chi connectivity index (χ4v) is 6.06. The van der Waals surface area contributed by atoms with Gasteiger partial charge in [0.2, 0.25) is 5.95 Å². The number of anilines is 3. The summed E-state index contributed by atoms with van der Waals surface area (Å²) >= 11 is 0. The SMILES string of the molecule is CCN1CCN(CCCn2cnc3c(N4CCN(CC)CC4)nc(NCc4ccc(N(CC)CC)cc4)nc32)CC1. The second-order valence-electron chi connectivity index (χ2n) is 11.2. The molecule has 0 radical (unpaired) electrons. The summed E-state index contributed by atoms with van der Waals surface area (Å²) in [5.41, 5.74) is 4.34. The van der Waals surface area contributed by atoms with E-state index >= 15 is 0 Å². The normalized spacial score (nSPS) is 17.4. The molecule has 2 fully saturated rings. The predicted molar refractivity (Wildman–Crippen MR) is 170 cm³/mol. The van der Waals surface area contributed by atoms with E-state index in [1.165, 1.54) is 37.4 Å².